The fourth-order valence-corrected chi connectivity index (χ4v) is 3.95. The van der Waals surface area contributed by atoms with Gasteiger partial charge in [-0.3, -0.25) is 4.98 Å². The predicted octanol–water partition coefficient (Wildman–Crippen LogP) is 3.27. The third-order valence-corrected chi connectivity index (χ3v) is 5.77. The molecule has 2 atom stereocenters. The Balaban J connectivity index is 1.43. The van der Waals surface area contributed by atoms with Crippen LogP contribution in [0.3, 0.4) is 0 Å². The van der Waals surface area contributed by atoms with Gasteiger partial charge >= 0.3 is 6.18 Å². The smallest absolute Gasteiger partial charge is 0.379 e. The molecule has 0 saturated carbocycles. The number of pyridine rings is 1. The Hall–Kier alpha value is -3.11. The quantitative estimate of drug-likeness (QED) is 0.527. The number of aliphatic hydroxyl groups is 1. The lowest BCUT2D eigenvalue weighted by Crippen LogP contribution is -2.52. The van der Waals surface area contributed by atoms with E-state index in [-0.39, 0.29) is 18.9 Å². The standard InChI is InChI=1S/C23H23F4N5O/c24-19-6-4-16(5-7-19)9-18-14-32(15-22(18,33)23(25,26)27)21-30-11-17(12-31-21)10-28-13-20-3-1-2-8-29-20/h1-8,11-12,18,28,33H,9-10,13-15H2/t18-,22-/m0/s1. The van der Waals surface area contributed by atoms with Crippen molar-refractivity contribution < 1.29 is 22.7 Å². The number of anilines is 1. The Morgan fingerprint density at radius 1 is 1.00 bits per heavy atom. The van der Waals surface area contributed by atoms with E-state index in [1.54, 1.807) is 18.6 Å². The summed E-state index contributed by atoms with van der Waals surface area (Å²) < 4.78 is 54.6. The number of β-amino-alcohol motifs (C(OH)–C–C–N with tert-alkyl or cyclic N) is 1. The van der Waals surface area contributed by atoms with Crippen molar-refractivity contribution in [3.63, 3.8) is 0 Å². The van der Waals surface area contributed by atoms with Crippen molar-refractivity contribution in [2.45, 2.75) is 31.3 Å². The van der Waals surface area contributed by atoms with Gasteiger partial charge in [-0.15, -0.1) is 0 Å². The number of nitrogens with one attached hydrogen (secondary N) is 1. The van der Waals surface area contributed by atoms with Gasteiger partial charge in [-0.05, 0) is 36.2 Å². The highest BCUT2D eigenvalue weighted by Crippen LogP contribution is 2.43. The molecule has 0 spiro atoms. The van der Waals surface area contributed by atoms with E-state index in [1.807, 2.05) is 18.2 Å². The number of nitrogens with zero attached hydrogens (tertiary/aromatic N) is 4. The minimum absolute atomic E-state index is 0.0533. The van der Waals surface area contributed by atoms with Gasteiger partial charge in [0.25, 0.3) is 0 Å². The van der Waals surface area contributed by atoms with Gasteiger partial charge < -0.3 is 15.3 Å². The summed E-state index contributed by atoms with van der Waals surface area (Å²) in [5.74, 6) is -1.50. The van der Waals surface area contributed by atoms with Crippen LogP contribution in [0.5, 0.6) is 0 Å². The van der Waals surface area contributed by atoms with Gasteiger partial charge in [0.2, 0.25) is 5.95 Å². The summed E-state index contributed by atoms with van der Waals surface area (Å²) in [4.78, 5) is 14.0. The molecule has 3 heterocycles. The first-order valence-electron chi connectivity index (χ1n) is 10.4. The normalized spacial score (nSPS) is 20.9. The summed E-state index contributed by atoms with van der Waals surface area (Å²) in [6.45, 7) is 0.277. The lowest BCUT2D eigenvalue weighted by atomic mass is 9.85. The second-order valence-electron chi connectivity index (χ2n) is 8.15. The molecule has 1 aliphatic heterocycles. The monoisotopic (exact) mass is 461 g/mol. The summed E-state index contributed by atoms with van der Waals surface area (Å²) in [6, 6.07) is 10.9. The minimum atomic E-state index is -4.83. The molecule has 3 aromatic rings. The lowest BCUT2D eigenvalue weighted by Gasteiger charge is -2.31. The van der Waals surface area contributed by atoms with Gasteiger partial charge in [0.15, 0.2) is 5.60 Å². The third kappa shape index (κ3) is 5.28. The van der Waals surface area contributed by atoms with E-state index >= 15 is 0 Å². The van der Waals surface area contributed by atoms with Crippen molar-refractivity contribution >= 4 is 5.95 Å². The Bertz CT molecular complexity index is 1050. The van der Waals surface area contributed by atoms with Crippen LogP contribution in [0.25, 0.3) is 0 Å². The van der Waals surface area contributed by atoms with Crippen LogP contribution in [0.4, 0.5) is 23.5 Å². The van der Waals surface area contributed by atoms with Crippen LogP contribution in [0, 0.1) is 11.7 Å². The molecule has 6 nitrogen and oxygen atoms in total. The number of aromatic nitrogens is 3. The molecule has 1 aliphatic rings. The van der Waals surface area contributed by atoms with Gasteiger partial charge in [-0.25, -0.2) is 14.4 Å². The third-order valence-electron chi connectivity index (χ3n) is 5.77. The summed E-state index contributed by atoms with van der Waals surface area (Å²) in [6.07, 6.45) is -0.0814. The van der Waals surface area contributed by atoms with Crippen LogP contribution in [-0.4, -0.2) is 44.9 Å². The predicted molar refractivity (Wildman–Crippen MR) is 114 cm³/mol. The Morgan fingerprint density at radius 3 is 2.36 bits per heavy atom. The molecule has 4 rings (SSSR count). The van der Waals surface area contributed by atoms with Crippen molar-refractivity contribution in [2.75, 3.05) is 18.0 Å². The average Bonchev–Trinajstić information content (AvgIpc) is 3.14. The highest BCUT2D eigenvalue weighted by molar-refractivity contribution is 5.36. The van der Waals surface area contributed by atoms with E-state index in [1.165, 1.54) is 29.2 Å². The summed E-state index contributed by atoms with van der Waals surface area (Å²) in [5.41, 5.74) is -0.761. The molecule has 0 bridgehead atoms. The van der Waals surface area contributed by atoms with E-state index < -0.39 is 30.1 Å². The molecular weight excluding hydrogens is 438 g/mol. The second kappa shape index (κ2) is 9.40. The van der Waals surface area contributed by atoms with Crippen LogP contribution in [0.2, 0.25) is 0 Å². The molecule has 10 heteroatoms. The van der Waals surface area contributed by atoms with Crippen LogP contribution < -0.4 is 10.2 Å². The molecule has 0 aliphatic carbocycles. The number of alkyl halides is 3. The largest absolute Gasteiger partial charge is 0.419 e. The minimum Gasteiger partial charge on any atom is -0.379 e. The molecule has 0 unspecified atom stereocenters. The van der Waals surface area contributed by atoms with E-state index in [0.29, 0.717) is 18.7 Å². The average molecular weight is 461 g/mol. The first-order chi connectivity index (χ1) is 15.7. The van der Waals surface area contributed by atoms with Crippen LogP contribution in [-0.2, 0) is 19.5 Å². The molecule has 174 valence electrons. The van der Waals surface area contributed by atoms with Crippen molar-refractivity contribution in [1.82, 2.24) is 20.3 Å². The second-order valence-corrected chi connectivity index (χ2v) is 8.15. The zero-order valence-electron chi connectivity index (χ0n) is 17.6. The van der Waals surface area contributed by atoms with E-state index in [9.17, 15) is 22.7 Å². The van der Waals surface area contributed by atoms with Gasteiger partial charge in [-0.1, -0.05) is 18.2 Å². The molecule has 2 N–H and O–H groups in total. The zero-order chi connectivity index (χ0) is 23.5. The van der Waals surface area contributed by atoms with Crippen LogP contribution in [0.1, 0.15) is 16.8 Å². The maximum Gasteiger partial charge on any atom is 0.419 e. The number of rotatable bonds is 7. The molecule has 0 radical (unpaired) electrons. The van der Waals surface area contributed by atoms with Gasteiger partial charge in [0.1, 0.15) is 5.82 Å². The van der Waals surface area contributed by atoms with E-state index in [0.717, 1.165) is 11.3 Å². The topological polar surface area (TPSA) is 74.2 Å². The number of halogens is 4. The molecule has 1 aromatic carbocycles. The maximum absolute atomic E-state index is 13.8. The molecule has 2 aromatic heterocycles. The summed E-state index contributed by atoms with van der Waals surface area (Å²) >= 11 is 0. The molecule has 33 heavy (non-hydrogen) atoms. The van der Waals surface area contributed by atoms with E-state index in [2.05, 4.69) is 20.3 Å². The maximum atomic E-state index is 13.8. The van der Waals surface area contributed by atoms with Crippen LogP contribution in [0.15, 0.2) is 61.1 Å². The first kappa shape index (κ1) is 23.1. The molecule has 1 saturated heterocycles. The Morgan fingerprint density at radius 2 is 1.73 bits per heavy atom. The lowest BCUT2D eigenvalue weighted by molar-refractivity contribution is -0.265. The number of benzene rings is 1. The molecule has 0 amide bonds. The zero-order valence-corrected chi connectivity index (χ0v) is 17.6. The fourth-order valence-electron chi connectivity index (χ4n) is 3.95. The van der Waals surface area contributed by atoms with Crippen molar-refractivity contribution in [1.29, 1.82) is 0 Å². The number of hydrogen-bond donors (Lipinski definition) is 2. The van der Waals surface area contributed by atoms with Gasteiger partial charge in [0.05, 0.1) is 12.2 Å². The first-order valence-corrected chi connectivity index (χ1v) is 10.4. The molecule has 1 fully saturated rings. The number of hydrogen-bond acceptors (Lipinski definition) is 6. The highest BCUT2D eigenvalue weighted by atomic mass is 19.4. The van der Waals surface area contributed by atoms with Gasteiger partial charge in [0, 0.05) is 49.7 Å². The summed E-state index contributed by atoms with van der Waals surface area (Å²) in [5, 5.41) is 13.8. The molecular formula is C23H23F4N5O. The van der Waals surface area contributed by atoms with Crippen molar-refractivity contribution in [3.05, 3.63) is 83.7 Å². The van der Waals surface area contributed by atoms with Crippen LogP contribution >= 0.6 is 0 Å². The van der Waals surface area contributed by atoms with E-state index in [4.69, 9.17) is 0 Å². The van der Waals surface area contributed by atoms with Gasteiger partial charge in [-0.2, -0.15) is 13.2 Å². The van der Waals surface area contributed by atoms with Crippen molar-refractivity contribution in [3.8, 4) is 0 Å². The Kier molecular flexibility index (Phi) is 6.57. The Labute approximate surface area is 188 Å². The SMILES string of the molecule is O[C@@]1(C(F)(F)F)CN(c2ncc(CNCc3ccccn3)cn2)C[C@@H]1Cc1ccc(F)cc1. The van der Waals surface area contributed by atoms with Crippen molar-refractivity contribution in [2.24, 2.45) is 5.92 Å². The summed E-state index contributed by atoms with van der Waals surface area (Å²) in [7, 11) is 0. The fraction of sp³-hybridized carbons (Fsp3) is 0.348. The highest BCUT2D eigenvalue weighted by Gasteiger charge is 2.62.